The van der Waals surface area contributed by atoms with Crippen molar-refractivity contribution in [3.05, 3.63) is 0 Å². The molecule has 0 aromatic heterocycles. The summed E-state index contributed by atoms with van der Waals surface area (Å²) in [5, 5.41) is 6.65. The molecule has 0 bridgehead atoms. The lowest BCUT2D eigenvalue weighted by Crippen LogP contribution is -2.37. The SMILES string of the molecule is CNC(=S)NCC1CCC(C)O1. The topological polar surface area (TPSA) is 33.3 Å². The van der Waals surface area contributed by atoms with Crippen LogP contribution in [-0.2, 0) is 4.74 Å². The molecule has 3 nitrogen and oxygen atoms in total. The van der Waals surface area contributed by atoms with Crippen molar-refractivity contribution in [3.8, 4) is 0 Å². The highest BCUT2D eigenvalue weighted by Crippen LogP contribution is 2.17. The maximum absolute atomic E-state index is 5.61. The molecule has 0 aromatic carbocycles. The second-order valence-corrected chi connectivity index (χ2v) is 3.51. The van der Waals surface area contributed by atoms with E-state index in [1.165, 1.54) is 6.42 Å². The van der Waals surface area contributed by atoms with Gasteiger partial charge in [-0.3, -0.25) is 0 Å². The van der Waals surface area contributed by atoms with Gasteiger partial charge in [0.1, 0.15) is 0 Å². The molecule has 0 aromatic rings. The fourth-order valence-electron chi connectivity index (χ4n) is 1.33. The van der Waals surface area contributed by atoms with Gasteiger partial charge in [-0.2, -0.15) is 0 Å². The van der Waals surface area contributed by atoms with E-state index < -0.39 is 0 Å². The van der Waals surface area contributed by atoms with Crippen molar-refractivity contribution in [2.45, 2.75) is 32.0 Å². The van der Waals surface area contributed by atoms with Crippen molar-refractivity contribution in [1.82, 2.24) is 10.6 Å². The molecule has 0 saturated carbocycles. The minimum Gasteiger partial charge on any atom is -0.373 e. The van der Waals surface area contributed by atoms with E-state index in [9.17, 15) is 0 Å². The summed E-state index contributed by atoms with van der Waals surface area (Å²) in [6.45, 7) is 2.93. The number of rotatable bonds is 2. The summed E-state index contributed by atoms with van der Waals surface area (Å²) in [7, 11) is 1.81. The van der Waals surface area contributed by atoms with Gasteiger partial charge >= 0.3 is 0 Å². The molecule has 0 spiro atoms. The summed E-state index contributed by atoms with van der Waals surface area (Å²) >= 11 is 4.94. The first kappa shape index (κ1) is 9.74. The van der Waals surface area contributed by atoms with E-state index >= 15 is 0 Å². The number of hydrogen-bond acceptors (Lipinski definition) is 2. The van der Waals surface area contributed by atoms with Crippen LogP contribution in [0.25, 0.3) is 0 Å². The highest BCUT2D eigenvalue weighted by atomic mass is 32.1. The highest BCUT2D eigenvalue weighted by Gasteiger charge is 2.21. The van der Waals surface area contributed by atoms with Gasteiger partial charge in [-0.25, -0.2) is 0 Å². The van der Waals surface area contributed by atoms with Crippen LogP contribution in [-0.4, -0.2) is 30.9 Å². The van der Waals surface area contributed by atoms with Crippen molar-refractivity contribution in [1.29, 1.82) is 0 Å². The zero-order valence-electron chi connectivity index (χ0n) is 7.59. The number of thiocarbonyl (C=S) groups is 1. The van der Waals surface area contributed by atoms with Crippen LogP contribution in [0.2, 0.25) is 0 Å². The van der Waals surface area contributed by atoms with E-state index in [2.05, 4.69) is 17.6 Å². The van der Waals surface area contributed by atoms with Crippen LogP contribution in [0.4, 0.5) is 0 Å². The van der Waals surface area contributed by atoms with Gasteiger partial charge in [-0.15, -0.1) is 0 Å². The standard InChI is InChI=1S/C8H16N2OS/c1-6-3-4-7(11-6)5-10-8(12)9-2/h6-7H,3-5H2,1-2H3,(H2,9,10,12). The van der Waals surface area contributed by atoms with Gasteiger partial charge < -0.3 is 15.4 Å². The van der Waals surface area contributed by atoms with Gasteiger partial charge in [-0.05, 0) is 32.0 Å². The van der Waals surface area contributed by atoms with Crippen LogP contribution >= 0.6 is 12.2 Å². The number of hydrogen-bond donors (Lipinski definition) is 2. The van der Waals surface area contributed by atoms with Gasteiger partial charge in [0, 0.05) is 13.6 Å². The van der Waals surface area contributed by atoms with Crippen molar-refractivity contribution in [2.75, 3.05) is 13.6 Å². The Balaban J connectivity index is 2.11. The molecule has 1 heterocycles. The lowest BCUT2D eigenvalue weighted by atomic mass is 10.2. The smallest absolute Gasteiger partial charge is 0.166 e. The molecule has 1 fully saturated rings. The van der Waals surface area contributed by atoms with Crippen molar-refractivity contribution in [2.24, 2.45) is 0 Å². The molecule has 12 heavy (non-hydrogen) atoms. The Bertz CT molecular complexity index is 163. The van der Waals surface area contributed by atoms with Gasteiger partial charge in [0.05, 0.1) is 12.2 Å². The predicted molar refractivity (Wildman–Crippen MR) is 53.2 cm³/mol. The largest absolute Gasteiger partial charge is 0.373 e. The van der Waals surface area contributed by atoms with E-state index in [0.29, 0.717) is 17.3 Å². The molecule has 2 atom stereocenters. The zero-order chi connectivity index (χ0) is 8.97. The Hall–Kier alpha value is -0.350. The summed E-state index contributed by atoms with van der Waals surface area (Å²) in [5.74, 6) is 0. The van der Waals surface area contributed by atoms with Crippen molar-refractivity contribution < 1.29 is 4.74 Å². The maximum Gasteiger partial charge on any atom is 0.166 e. The first-order chi connectivity index (χ1) is 5.72. The number of nitrogens with one attached hydrogen (secondary N) is 2. The summed E-state index contributed by atoms with van der Waals surface area (Å²) in [4.78, 5) is 0. The average molecular weight is 188 g/mol. The van der Waals surface area contributed by atoms with Gasteiger partial charge in [-0.1, -0.05) is 0 Å². The Labute approximate surface area is 78.9 Å². The minimum atomic E-state index is 0.339. The first-order valence-electron chi connectivity index (χ1n) is 4.33. The van der Waals surface area contributed by atoms with E-state index in [1.807, 2.05) is 7.05 Å². The van der Waals surface area contributed by atoms with E-state index in [-0.39, 0.29) is 0 Å². The second kappa shape index (κ2) is 4.62. The molecule has 1 rings (SSSR count). The Morgan fingerprint density at radius 1 is 1.58 bits per heavy atom. The van der Waals surface area contributed by atoms with Crippen molar-refractivity contribution in [3.63, 3.8) is 0 Å². The number of ether oxygens (including phenoxy) is 1. The van der Waals surface area contributed by atoms with Crippen LogP contribution in [0.3, 0.4) is 0 Å². The quantitative estimate of drug-likeness (QED) is 0.623. The molecule has 0 amide bonds. The molecular weight excluding hydrogens is 172 g/mol. The molecular formula is C8H16N2OS. The highest BCUT2D eigenvalue weighted by molar-refractivity contribution is 7.80. The van der Waals surface area contributed by atoms with E-state index in [1.54, 1.807) is 0 Å². The molecule has 2 N–H and O–H groups in total. The van der Waals surface area contributed by atoms with Gasteiger partial charge in [0.15, 0.2) is 5.11 Å². The van der Waals surface area contributed by atoms with Crippen LogP contribution in [0.15, 0.2) is 0 Å². The van der Waals surface area contributed by atoms with Crippen LogP contribution < -0.4 is 10.6 Å². The van der Waals surface area contributed by atoms with Crippen molar-refractivity contribution >= 4 is 17.3 Å². The molecule has 70 valence electrons. The summed E-state index contributed by atoms with van der Waals surface area (Å²) < 4.78 is 5.61. The van der Waals surface area contributed by atoms with Gasteiger partial charge in [0.25, 0.3) is 0 Å². The summed E-state index contributed by atoms with van der Waals surface area (Å²) in [6, 6.07) is 0. The fraction of sp³-hybridized carbons (Fsp3) is 0.875. The lowest BCUT2D eigenvalue weighted by Gasteiger charge is -2.13. The molecule has 4 heteroatoms. The lowest BCUT2D eigenvalue weighted by molar-refractivity contribution is 0.0587. The monoisotopic (exact) mass is 188 g/mol. The van der Waals surface area contributed by atoms with Crippen LogP contribution in [0.1, 0.15) is 19.8 Å². The summed E-state index contributed by atoms with van der Waals surface area (Å²) in [6.07, 6.45) is 3.06. The van der Waals surface area contributed by atoms with E-state index in [0.717, 1.165) is 13.0 Å². The Morgan fingerprint density at radius 3 is 2.83 bits per heavy atom. The third kappa shape index (κ3) is 2.95. The second-order valence-electron chi connectivity index (χ2n) is 3.11. The normalized spacial score (nSPS) is 28.5. The average Bonchev–Trinajstić information content (AvgIpc) is 2.47. The molecule has 1 saturated heterocycles. The predicted octanol–water partition coefficient (Wildman–Crippen LogP) is 0.648. The molecule has 0 aliphatic carbocycles. The molecule has 1 aliphatic heterocycles. The molecule has 2 unspecified atom stereocenters. The maximum atomic E-state index is 5.61. The van der Waals surface area contributed by atoms with Crippen LogP contribution in [0, 0.1) is 0 Å². The van der Waals surface area contributed by atoms with E-state index in [4.69, 9.17) is 17.0 Å². The Morgan fingerprint density at radius 2 is 2.33 bits per heavy atom. The molecule has 1 aliphatic rings. The third-order valence-electron chi connectivity index (χ3n) is 2.04. The van der Waals surface area contributed by atoms with Crippen LogP contribution in [0.5, 0.6) is 0 Å². The summed E-state index contributed by atoms with van der Waals surface area (Å²) in [5.41, 5.74) is 0. The molecule has 0 radical (unpaired) electrons. The third-order valence-corrected chi connectivity index (χ3v) is 2.39. The van der Waals surface area contributed by atoms with Gasteiger partial charge in [0.2, 0.25) is 0 Å². The Kier molecular flexibility index (Phi) is 3.75. The fourth-order valence-corrected chi connectivity index (χ4v) is 1.41. The first-order valence-corrected chi connectivity index (χ1v) is 4.74. The minimum absolute atomic E-state index is 0.339. The zero-order valence-corrected chi connectivity index (χ0v) is 8.41.